The summed E-state index contributed by atoms with van der Waals surface area (Å²) < 4.78 is 33.8. The van der Waals surface area contributed by atoms with Crippen molar-refractivity contribution >= 4 is 0 Å². The highest BCUT2D eigenvalue weighted by molar-refractivity contribution is 5.54. The summed E-state index contributed by atoms with van der Waals surface area (Å²) in [6, 6.07) is 0. The van der Waals surface area contributed by atoms with E-state index in [1.54, 1.807) is 0 Å². The van der Waals surface area contributed by atoms with Gasteiger partial charge < -0.3 is 4.74 Å². The van der Waals surface area contributed by atoms with E-state index < -0.39 is 0 Å². The van der Waals surface area contributed by atoms with E-state index in [2.05, 4.69) is 19.9 Å². The number of hydrogen-bond acceptors (Lipinski definition) is 1. The number of hydrogen-bond donors (Lipinski definition) is 0. The highest BCUT2D eigenvalue weighted by atomic mass is 19.1. The van der Waals surface area contributed by atoms with Crippen molar-refractivity contribution in [1.29, 1.82) is 0 Å². The molecule has 4 rings (SSSR count). The number of fused-ring (bicyclic) bond motifs is 5. The number of ether oxygens (including phenoxy) is 1. The fourth-order valence-electron chi connectivity index (χ4n) is 6.17. The molecule has 0 aromatic rings. The van der Waals surface area contributed by atoms with Crippen molar-refractivity contribution in [3.8, 4) is 0 Å². The summed E-state index contributed by atoms with van der Waals surface area (Å²) in [7, 11) is 0. The van der Waals surface area contributed by atoms with Crippen LogP contribution in [0.15, 0.2) is 35.5 Å². The standard InChI is InChI=1S/C20H26F2O/c1-19-8-4-3-5-15(19)13(11-21)14(12-22)18-16(19)6-9-20(2)17(18)7-10-23-20/h5,11-12,16-18H,3-4,6-10H2,1-2H3/t16-,17+,18-,19+,20+/m1/s1. The molecule has 2 saturated carbocycles. The Bertz CT molecular complexity index is 605. The molecular formula is C20H26F2O. The molecule has 0 unspecified atom stereocenters. The topological polar surface area (TPSA) is 9.23 Å². The van der Waals surface area contributed by atoms with Crippen LogP contribution in [0.5, 0.6) is 0 Å². The maximum Gasteiger partial charge on any atom is 0.0945 e. The number of halogens is 2. The van der Waals surface area contributed by atoms with Gasteiger partial charge in [-0.15, -0.1) is 0 Å². The maximum atomic E-state index is 13.9. The lowest BCUT2D eigenvalue weighted by atomic mass is 9.47. The van der Waals surface area contributed by atoms with Crippen LogP contribution in [0.3, 0.4) is 0 Å². The molecular weight excluding hydrogens is 294 g/mol. The van der Waals surface area contributed by atoms with E-state index in [4.69, 9.17) is 4.74 Å². The van der Waals surface area contributed by atoms with E-state index in [0.717, 1.165) is 50.7 Å². The Kier molecular flexibility index (Phi) is 3.57. The minimum absolute atomic E-state index is 0.0166. The molecule has 1 aliphatic heterocycles. The second kappa shape index (κ2) is 5.27. The lowest BCUT2D eigenvalue weighted by Gasteiger charge is -2.57. The third-order valence-electron chi connectivity index (χ3n) is 7.33. The van der Waals surface area contributed by atoms with Gasteiger partial charge in [0.25, 0.3) is 0 Å². The molecule has 1 saturated heterocycles. The van der Waals surface area contributed by atoms with E-state index in [1.165, 1.54) is 0 Å². The molecule has 3 aliphatic carbocycles. The van der Waals surface area contributed by atoms with Gasteiger partial charge in [0.15, 0.2) is 0 Å². The Morgan fingerprint density at radius 1 is 1.13 bits per heavy atom. The molecule has 0 aromatic carbocycles. The number of allylic oxidation sites excluding steroid dienone is 4. The predicted octanol–water partition coefficient (Wildman–Crippen LogP) is 5.64. The molecule has 4 aliphatic rings. The fraction of sp³-hybridized carbons (Fsp3) is 0.700. The molecule has 1 nitrogen and oxygen atoms in total. The van der Waals surface area contributed by atoms with E-state index in [-0.39, 0.29) is 16.9 Å². The summed E-state index contributed by atoms with van der Waals surface area (Å²) in [6.07, 6.45) is 9.75. The lowest BCUT2D eigenvalue weighted by Crippen LogP contribution is -2.53. The van der Waals surface area contributed by atoms with Crippen LogP contribution in [-0.2, 0) is 4.74 Å². The van der Waals surface area contributed by atoms with Crippen LogP contribution in [-0.4, -0.2) is 12.2 Å². The van der Waals surface area contributed by atoms with Crippen LogP contribution in [0.4, 0.5) is 8.78 Å². The second-order valence-electron chi connectivity index (χ2n) is 8.24. The van der Waals surface area contributed by atoms with Crippen LogP contribution in [0.25, 0.3) is 0 Å². The van der Waals surface area contributed by atoms with Gasteiger partial charge in [-0.25, -0.2) is 8.78 Å². The van der Waals surface area contributed by atoms with E-state index in [0.29, 0.717) is 35.6 Å². The normalized spacial score (nSPS) is 49.6. The zero-order valence-corrected chi connectivity index (χ0v) is 14.1. The van der Waals surface area contributed by atoms with Crippen molar-refractivity contribution in [2.45, 2.75) is 58.0 Å². The zero-order valence-electron chi connectivity index (χ0n) is 14.1. The van der Waals surface area contributed by atoms with Crippen LogP contribution in [0.1, 0.15) is 52.4 Å². The minimum atomic E-state index is -0.164. The van der Waals surface area contributed by atoms with E-state index in [9.17, 15) is 8.78 Å². The predicted molar refractivity (Wildman–Crippen MR) is 87.1 cm³/mol. The first-order valence-corrected chi connectivity index (χ1v) is 9.01. The van der Waals surface area contributed by atoms with E-state index in [1.807, 2.05) is 0 Å². The first-order chi connectivity index (χ1) is 11.0. The first-order valence-electron chi connectivity index (χ1n) is 9.01. The highest BCUT2D eigenvalue weighted by Gasteiger charge is 2.59. The van der Waals surface area contributed by atoms with Crippen LogP contribution < -0.4 is 0 Å². The van der Waals surface area contributed by atoms with Crippen molar-refractivity contribution in [2.75, 3.05) is 6.61 Å². The quantitative estimate of drug-likeness (QED) is 0.561. The molecule has 0 bridgehead atoms. The summed E-state index contributed by atoms with van der Waals surface area (Å²) in [6.45, 7) is 5.20. The van der Waals surface area contributed by atoms with Gasteiger partial charge in [0.05, 0.1) is 18.3 Å². The molecule has 3 heteroatoms. The maximum absolute atomic E-state index is 13.9. The third-order valence-corrected chi connectivity index (χ3v) is 7.33. The molecule has 1 heterocycles. The van der Waals surface area contributed by atoms with Crippen molar-refractivity contribution in [2.24, 2.45) is 23.2 Å². The van der Waals surface area contributed by atoms with Gasteiger partial charge >= 0.3 is 0 Å². The Labute approximate surface area is 137 Å². The highest BCUT2D eigenvalue weighted by Crippen LogP contribution is 2.65. The Balaban J connectivity index is 1.87. The first kappa shape index (κ1) is 15.6. The van der Waals surface area contributed by atoms with Gasteiger partial charge in [0, 0.05) is 12.2 Å². The molecule has 0 amide bonds. The largest absolute Gasteiger partial charge is 0.375 e. The molecule has 23 heavy (non-hydrogen) atoms. The summed E-state index contributed by atoms with van der Waals surface area (Å²) in [5.41, 5.74) is 1.98. The fourth-order valence-corrected chi connectivity index (χ4v) is 6.17. The molecule has 0 radical (unpaired) electrons. The molecule has 126 valence electrons. The monoisotopic (exact) mass is 320 g/mol. The van der Waals surface area contributed by atoms with Gasteiger partial charge in [-0.2, -0.15) is 0 Å². The van der Waals surface area contributed by atoms with Gasteiger partial charge in [-0.3, -0.25) is 0 Å². The van der Waals surface area contributed by atoms with Gasteiger partial charge in [-0.05, 0) is 79.8 Å². The summed E-state index contributed by atoms with van der Waals surface area (Å²) in [4.78, 5) is 0. The van der Waals surface area contributed by atoms with Gasteiger partial charge in [-0.1, -0.05) is 13.0 Å². The average molecular weight is 320 g/mol. The van der Waals surface area contributed by atoms with Crippen molar-refractivity contribution in [3.05, 3.63) is 35.5 Å². The Hall–Kier alpha value is -0.960. The van der Waals surface area contributed by atoms with Crippen molar-refractivity contribution in [3.63, 3.8) is 0 Å². The van der Waals surface area contributed by atoms with Gasteiger partial charge in [0.2, 0.25) is 0 Å². The van der Waals surface area contributed by atoms with Crippen molar-refractivity contribution in [1.82, 2.24) is 0 Å². The third kappa shape index (κ3) is 1.98. The zero-order chi connectivity index (χ0) is 16.2. The summed E-state index contributed by atoms with van der Waals surface area (Å²) in [5, 5.41) is 0. The van der Waals surface area contributed by atoms with Crippen LogP contribution in [0, 0.1) is 23.2 Å². The van der Waals surface area contributed by atoms with E-state index >= 15 is 0 Å². The summed E-state index contributed by atoms with van der Waals surface area (Å²) >= 11 is 0. The Morgan fingerprint density at radius 2 is 1.96 bits per heavy atom. The second-order valence-corrected chi connectivity index (χ2v) is 8.24. The number of rotatable bonds is 0. The molecule has 0 spiro atoms. The smallest absolute Gasteiger partial charge is 0.0945 e. The summed E-state index contributed by atoms with van der Waals surface area (Å²) in [5.74, 6) is 0.793. The van der Waals surface area contributed by atoms with Gasteiger partial charge in [0.1, 0.15) is 0 Å². The van der Waals surface area contributed by atoms with Crippen LogP contribution >= 0.6 is 0 Å². The molecule has 0 N–H and O–H groups in total. The molecule has 0 aromatic heterocycles. The SMILES string of the molecule is C[C@]12CCCC=C1C(=CF)C(=CF)[C@@H]1[C@H]2CC[C@]2(C)OCC[C@@H]12. The molecule has 3 fully saturated rings. The average Bonchev–Trinajstić information content (AvgIpc) is 2.94. The van der Waals surface area contributed by atoms with Crippen molar-refractivity contribution < 1.29 is 13.5 Å². The molecule has 5 atom stereocenters. The lowest BCUT2D eigenvalue weighted by molar-refractivity contribution is -0.0783. The minimum Gasteiger partial charge on any atom is -0.375 e. The Morgan fingerprint density at radius 3 is 2.70 bits per heavy atom. The van der Waals surface area contributed by atoms with Crippen LogP contribution in [0.2, 0.25) is 0 Å².